The summed E-state index contributed by atoms with van der Waals surface area (Å²) in [6, 6.07) is 7.03. The average molecular weight is 214 g/mol. The summed E-state index contributed by atoms with van der Waals surface area (Å²) in [6.07, 6.45) is 7.03. The van der Waals surface area contributed by atoms with Crippen LogP contribution in [0.2, 0.25) is 0 Å². The molecule has 1 spiro atoms. The zero-order valence-corrected chi connectivity index (χ0v) is 10.8. The Bertz CT molecular complexity index is 402. The highest BCUT2D eigenvalue weighted by Gasteiger charge is 2.47. The molecule has 0 bridgehead atoms. The zero-order valence-electron chi connectivity index (χ0n) is 10.8. The molecule has 1 aromatic rings. The molecular weight excluding hydrogens is 192 g/mol. The van der Waals surface area contributed by atoms with Crippen LogP contribution in [-0.4, -0.2) is 0 Å². The van der Waals surface area contributed by atoms with Gasteiger partial charge in [0.25, 0.3) is 0 Å². The van der Waals surface area contributed by atoms with Crippen molar-refractivity contribution in [2.75, 3.05) is 0 Å². The predicted molar refractivity (Wildman–Crippen MR) is 69.0 cm³/mol. The van der Waals surface area contributed by atoms with Gasteiger partial charge in [-0.2, -0.15) is 0 Å². The minimum Gasteiger partial charge on any atom is -0.0617 e. The predicted octanol–water partition coefficient (Wildman–Crippen LogP) is 4.35. The van der Waals surface area contributed by atoms with Crippen LogP contribution in [-0.2, 0) is 17.3 Å². The fraction of sp³-hybridized carbons (Fsp3) is 0.625. The summed E-state index contributed by atoms with van der Waals surface area (Å²) < 4.78 is 0. The van der Waals surface area contributed by atoms with Gasteiger partial charge in [0.1, 0.15) is 0 Å². The van der Waals surface area contributed by atoms with E-state index >= 15 is 0 Å². The van der Waals surface area contributed by atoms with Crippen molar-refractivity contribution in [3.8, 4) is 0 Å². The van der Waals surface area contributed by atoms with Gasteiger partial charge in [0.05, 0.1) is 0 Å². The Morgan fingerprint density at radius 1 is 1.06 bits per heavy atom. The van der Waals surface area contributed by atoms with Gasteiger partial charge in [0, 0.05) is 0 Å². The fourth-order valence-corrected chi connectivity index (χ4v) is 3.46. The molecule has 0 aromatic heterocycles. The van der Waals surface area contributed by atoms with Gasteiger partial charge in [-0.1, -0.05) is 39.0 Å². The molecule has 0 saturated heterocycles. The van der Waals surface area contributed by atoms with E-state index in [1.807, 2.05) is 0 Å². The molecule has 0 unspecified atom stereocenters. The van der Waals surface area contributed by atoms with Crippen molar-refractivity contribution >= 4 is 0 Å². The van der Waals surface area contributed by atoms with Gasteiger partial charge in [0.2, 0.25) is 0 Å². The Morgan fingerprint density at radius 2 is 1.81 bits per heavy atom. The Labute approximate surface area is 99.1 Å². The molecular formula is C16H22. The van der Waals surface area contributed by atoms with Crippen LogP contribution in [0.15, 0.2) is 18.2 Å². The van der Waals surface area contributed by atoms with Crippen molar-refractivity contribution in [2.45, 2.75) is 63.7 Å². The third kappa shape index (κ3) is 1.43. The highest BCUT2D eigenvalue weighted by atomic mass is 14.5. The van der Waals surface area contributed by atoms with E-state index in [2.05, 4.69) is 39.0 Å². The molecule has 0 atom stereocenters. The van der Waals surface area contributed by atoms with Crippen molar-refractivity contribution in [1.82, 2.24) is 0 Å². The lowest BCUT2D eigenvalue weighted by Gasteiger charge is -2.31. The number of rotatable bonds is 0. The summed E-state index contributed by atoms with van der Waals surface area (Å²) in [7, 11) is 0. The largest absolute Gasteiger partial charge is 0.0617 e. The molecule has 1 saturated carbocycles. The van der Waals surface area contributed by atoms with Gasteiger partial charge in [-0.05, 0) is 59.6 Å². The minimum atomic E-state index is 0.304. The number of benzene rings is 1. The molecule has 2 aliphatic rings. The second-order valence-electron chi connectivity index (χ2n) is 6.72. The second-order valence-corrected chi connectivity index (χ2v) is 6.72. The SMILES string of the molecule is CC(C)(C)c1cccc2c1CCCC21CC1. The summed E-state index contributed by atoms with van der Waals surface area (Å²) in [5, 5.41) is 0. The van der Waals surface area contributed by atoms with Crippen molar-refractivity contribution in [1.29, 1.82) is 0 Å². The van der Waals surface area contributed by atoms with Gasteiger partial charge in [-0.25, -0.2) is 0 Å². The minimum absolute atomic E-state index is 0.304. The number of fused-ring (bicyclic) bond motifs is 2. The van der Waals surface area contributed by atoms with Gasteiger partial charge < -0.3 is 0 Å². The van der Waals surface area contributed by atoms with Crippen molar-refractivity contribution in [3.63, 3.8) is 0 Å². The average Bonchev–Trinajstić information content (AvgIpc) is 2.97. The van der Waals surface area contributed by atoms with E-state index in [1.165, 1.54) is 32.1 Å². The van der Waals surface area contributed by atoms with E-state index < -0.39 is 0 Å². The summed E-state index contributed by atoms with van der Waals surface area (Å²) in [6.45, 7) is 7.03. The fourth-order valence-electron chi connectivity index (χ4n) is 3.46. The van der Waals surface area contributed by atoms with E-state index in [-0.39, 0.29) is 0 Å². The lowest BCUT2D eigenvalue weighted by atomic mass is 9.73. The Morgan fingerprint density at radius 3 is 2.44 bits per heavy atom. The molecule has 1 fully saturated rings. The maximum Gasteiger partial charge on any atom is -0.00434 e. The van der Waals surface area contributed by atoms with E-state index in [9.17, 15) is 0 Å². The van der Waals surface area contributed by atoms with Gasteiger partial charge in [-0.3, -0.25) is 0 Å². The van der Waals surface area contributed by atoms with E-state index in [0.29, 0.717) is 10.8 Å². The third-order valence-electron chi connectivity index (χ3n) is 4.49. The first-order valence-electron chi connectivity index (χ1n) is 6.66. The van der Waals surface area contributed by atoms with Gasteiger partial charge in [-0.15, -0.1) is 0 Å². The molecule has 0 heterocycles. The van der Waals surface area contributed by atoms with Crippen molar-refractivity contribution in [2.24, 2.45) is 0 Å². The maximum absolute atomic E-state index is 2.40. The van der Waals surface area contributed by atoms with Crippen LogP contribution in [0.25, 0.3) is 0 Å². The molecule has 0 radical (unpaired) electrons. The normalized spacial score (nSPS) is 21.9. The van der Waals surface area contributed by atoms with E-state index in [0.717, 1.165) is 0 Å². The van der Waals surface area contributed by atoms with E-state index in [4.69, 9.17) is 0 Å². The first kappa shape index (κ1) is 10.4. The molecule has 2 aliphatic carbocycles. The lowest BCUT2D eigenvalue weighted by molar-refractivity contribution is 0.518. The molecule has 0 amide bonds. The molecule has 3 rings (SSSR count). The van der Waals surface area contributed by atoms with Crippen LogP contribution < -0.4 is 0 Å². The smallest absolute Gasteiger partial charge is 0.00434 e. The topological polar surface area (TPSA) is 0 Å². The summed E-state index contributed by atoms with van der Waals surface area (Å²) in [5.41, 5.74) is 5.91. The van der Waals surface area contributed by atoms with Crippen LogP contribution in [0, 0.1) is 0 Å². The first-order valence-corrected chi connectivity index (χ1v) is 6.66. The molecule has 0 heteroatoms. The highest BCUT2D eigenvalue weighted by molar-refractivity contribution is 5.47. The molecule has 1 aromatic carbocycles. The van der Waals surface area contributed by atoms with Crippen molar-refractivity contribution in [3.05, 3.63) is 34.9 Å². The summed E-state index contributed by atoms with van der Waals surface area (Å²) in [5.74, 6) is 0. The maximum atomic E-state index is 2.40. The molecule has 86 valence electrons. The summed E-state index contributed by atoms with van der Waals surface area (Å²) in [4.78, 5) is 0. The molecule has 0 N–H and O–H groups in total. The molecule has 0 nitrogen and oxygen atoms in total. The zero-order chi connectivity index (χ0) is 11.4. The number of hydrogen-bond acceptors (Lipinski definition) is 0. The quantitative estimate of drug-likeness (QED) is 0.602. The first-order chi connectivity index (χ1) is 7.53. The van der Waals surface area contributed by atoms with Crippen LogP contribution in [0.5, 0.6) is 0 Å². The highest BCUT2D eigenvalue weighted by Crippen LogP contribution is 2.56. The lowest BCUT2D eigenvalue weighted by Crippen LogP contribution is -2.22. The van der Waals surface area contributed by atoms with Crippen LogP contribution in [0.3, 0.4) is 0 Å². The summed E-state index contributed by atoms with van der Waals surface area (Å²) >= 11 is 0. The second kappa shape index (κ2) is 3.12. The van der Waals surface area contributed by atoms with Crippen molar-refractivity contribution < 1.29 is 0 Å². The van der Waals surface area contributed by atoms with Gasteiger partial charge in [0.15, 0.2) is 0 Å². The number of hydrogen-bond donors (Lipinski definition) is 0. The van der Waals surface area contributed by atoms with Crippen LogP contribution in [0.4, 0.5) is 0 Å². The Balaban J connectivity index is 2.16. The van der Waals surface area contributed by atoms with Crippen LogP contribution >= 0.6 is 0 Å². The Kier molecular flexibility index (Phi) is 2.02. The molecule has 0 aliphatic heterocycles. The third-order valence-corrected chi connectivity index (χ3v) is 4.49. The Hall–Kier alpha value is -0.780. The van der Waals surface area contributed by atoms with E-state index in [1.54, 1.807) is 16.7 Å². The van der Waals surface area contributed by atoms with Crippen LogP contribution in [0.1, 0.15) is 63.1 Å². The standard InChI is InChI=1S/C16H22/c1-15(2,3)13-7-4-8-14-12(13)6-5-9-16(14)10-11-16/h4,7-8H,5-6,9-11H2,1-3H3. The van der Waals surface area contributed by atoms with Gasteiger partial charge >= 0.3 is 0 Å². The molecule has 16 heavy (non-hydrogen) atoms. The monoisotopic (exact) mass is 214 g/mol.